The van der Waals surface area contributed by atoms with Gasteiger partial charge in [-0.15, -0.1) is 0 Å². The minimum atomic E-state index is -1.72. The summed E-state index contributed by atoms with van der Waals surface area (Å²) in [6, 6.07) is 5.95. The Morgan fingerprint density at radius 1 is 0.731 bits per heavy atom. The van der Waals surface area contributed by atoms with E-state index in [1.807, 2.05) is 19.1 Å². The summed E-state index contributed by atoms with van der Waals surface area (Å²) >= 11 is 0. The quantitative estimate of drug-likeness (QED) is 0.140. The minimum Gasteiger partial charge on any atom is -0.394 e. The number of aliphatic hydroxyl groups excluding tert-OH is 6. The molecule has 1 aliphatic rings. The lowest BCUT2D eigenvalue weighted by molar-refractivity contribution is -0.303. The van der Waals surface area contributed by atoms with Crippen LogP contribution in [0.25, 0.3) is 0 Å². The Labute approximate surface area is 303 Å². The van der Waals surface area contributed by atoms with Crippen molar-refractivity contribution in [1.29, 1.82) is 0 Å². The monoisotopic (exact) mass is 693 g/mol. The SMILES string of the molecule is CC#CC#CC#CC#CC#CC#CC#CC#CC#CC#CC#CC(=O)N[C@@H](COC1OC(CO)C(O)C(O)C1O)[C@H](O)[C@H](O)Cc1ccc(C)cc1. The minimum absolute atomic E-state index is 0.0276. The second kappa shape index (κ2) is 24.6. The zero-order valence-corrected chi connectivity index (χ0v) is 28.0. The van der Waals surface area contributed by atoms with Gasteiger partial charge >= 0.3 is 0 Å². The van der Waals surface area contributed by atoms with Gasteiger partial charge in [-0.3, -0.25) is 4.79 Å². The summed E-state index contributed by atoms with van der Waals surface area (Å²) in [4.78, 5) is 12.6. The number of aryl methyl sites for hydroxylation is 1. The standard InChI is InChI=1S/C42H31NO9/c1-3-4-5-6-7-8-9-10-11-12-13-14-15-16-17-18-19-20-21-22-23-24-37(46)43-34(38(47)35(45)29-33-27-25-32(2)26-28-33)31-51-42-41(50)40(49)39(48)36(30-44)52-42/h25-28,34-36,38-42,44-45,47-50H,29-31H2,1-2H3,(H,43,46)/t34-,35+,36?,38-,39?,40?,41?,42?/m0/s1. The first kappa shape index (κ1) is 41.7. The average molecular weight is 694 g/mol. The predicted octanol–water partition coefficient (Wildman–Crippen LogP) is -2.38. The molecule has 10 heteroatoms. The van der Waals surface area contributed by atoms with Crippen molar-refractivity contribution in [2.24, 2.45) is 0 Å². The molecule has 1 aromatic carbocycles. The van der Waals surface area contributed by atoms with Crippen molar-refractivity contribution in [1.82, 2.24) is 5.32 Å². The van der Waals surface area contributed by atoms with E-state index in [4.69, 9.17) is 9.47 Å². The van der Waals surface area contributed by atoms with Crippen LogP contribution >= 0.6 is 0 Å². The molecule has 258 valence electrons. The van der Waals surface area contributed by atoms with Crippen molar-refractivity contribution in [2.45, 2.75) is 69.2 Å². The molecular formula is C42H31NO9. The van der Waals surface area contributed by atoms with E-state index >= 15 is 0 Å². The number of amides is 1. The van der Waals surface area contributed by atoms with Crippen LogP contribution in [0.5, 0.6) is 0 Å². The second-order valence-electron chi connectivity index (χ2n) is 10.2. The lowest BCUT2D eigenvalue weighted by Crippen LogP contribution is -2.60. The molecule has 0 aromatic heterocycles. The number of carbonyl (C=O) groups is 1. The summed E-state index contributed by atoms with van der Waals surface area (Å²) < 4.78 is 10.8. The van der Waals surface area contributed by atoms with Crippen LogP contribution in [-0.2, 0) is 20.7 Å². The Bertz CT molecular complexity index is 2130. The molecule has 0 radical (unpaired) electrons. The number of ether oxygens (including phenoxy) is 2. The smallest absolute Gasteiger partial charge is 0.297 e. The maximum absolute atomic E-state index is 12.6. The molecule has 1 saturated heterocycles. The van der Waals surface area contributed by atoms with Crippen molar-refractivity contribution >= 4 is 5.91 Å². The third-order valence-corrected chi connectivity index (χ3v) is 6.47. The third-order valence-electron chi connectivity index (χ3n) is 6.47. The molecule has 52 heavy (non-hydrogen) atoms. The number of hydrogen-bond donors (Lipinski definition) is 7. The molecule has 0 saturated carbocycles. The van der Waals surface area contributed by atoms with Gasteiger partial charge in [0.05, 0.1) is 25.4 Å². The Balaban J connectivity index is 2.01. The molecule has 5 unspecified atom stereocenters. The highest BCUT2D eigenvalue weighted by atomic mass is 16.7. The van der Waals surface area contributed by atoms with Gasteiger partial charge < -0.3 is 45.4 Å². The lowest BCUT2D eigenvalue weighted by Gasteiger charge is -2.40. The third kappa shape index (κ3) is 16.3. The van der Waals surface area contributed by atoms with E-state index in [9.17, 15) is 35.4 Å². The number of nitrogens with one attached hydrogen (secondary N) is 1. The molecule has 8 atom stereocenters. The first-order chi connectivity index (χ1) is 25.2. The van der Waals surface area contributed by atoms with Crippen molar-refractivity contribution in [3.63, 3.8) is 0 Å². The van der Waals surface area contributed by atoms with Gasteiger partial charge in [-0.05, 0) is 114 Å². The highest BCUT2D eigenvalue weighted by Crippen LogP contribution is 2.22. The van der Waals surface area contributed by atoms with Crippen LogP contribution in [-0.4, -0.2) is 98.7 Å². The predicted molar refractivity (Wildman–Crippen MR) is 190 cm³/mol. The molecule has 1 heterocycles. The molecule has 0 bridgehead atoms. The number of rotatable bonds is 9. The van der Waals surface area contributed by atoms with Gasteiger partial charge in [0.15, 0.2) is 6.29 Å². The van der Waals surface area contributed by atoms with Crippen molar-refractivity contribution in [3.05, 3.63) is 35.4 Å². The molecule has 1 fully saturated rings. The van der Waals surface area contributed by atoms with Crippen LogP contribution < -0.4 is 5.32 Å². The summed E-state index contributed by atoms with van der Waals surface area (Å²) in [5, 5.41) is 63.9. The van der Waals surface area contributed by atoms with Gasteiger partial charge in [-0.25, -0.2) is 0 Å². The van der Waals surface area contributed by atoms with Crippen LogP contribution in [0.4, 0.5) is 0 Å². The number of carbonyl (C=O) groups excluding carboxylic acids is 1. The van der Waals surface area contributed by atoms with Gasteiger partial charge in [0.25, 0.3) is 5.91 Å². The number of benzene rings is 1. The highest BCUT2D eigenvalue weighted by molar-refractivity contribution is 5.94. The molecule has 0 aliphatic carbocycles. The Morgan fingerprint density at radius 3 is 1.65 bits per heavy atom. The molecule has 7 N–H and O–H groups in total. The van der Waals surface area contributed by atoms with Crippen molar-refractivity contribution in [2.75, 3.05) is 13.2 Å². The van der Waals surface area contributed by atoms with E-state index in [1.165, 1.54) is 0 Å². The first-order valence-electron chi connectivity index (χ1n) is 15.2. The second-order valence-corrected chi connectivity index (χ2v) is 10.2. The Morgan fingerprint density at radius 2 is 1.19 bits per heavy atom. The van der Waals surface area contributed by atoms with E-state index in [-0.39, 0.29) is 6.42 Å². The normalized spacial score (nSPS) is 18.9. The first-order valence-corrected chi connectivity index (χ1v) is 15.2. The summed E-state index contributed by atoms with van der Waals surface area (Å²) in [7, 11) is 0. The molecule has 1 aliphatic heterocycles. The van der Waals surface area contributed by atoms with Gasteiger partial charge in [-0.1, -0.05) is 35.7 Å². The Kier molecular flexibility index (Phi) is 19.8. The van der Waals surface area contributed by atoms with Gasteiger partial charge in [0.2, 0.25) is 0 Å². The van der Waals surface area contributed by atoms with Gasteiger partial charge in [0.1, 0.15) is 30.5 Å². The topological polar surface area (TPSA) is 169 Å². The van der Waals surface area contributed by atoms with Gasteiger partial charge in [0, 0.05) is 36.0 Å². The molecule has 1 aromatic rings. The highest BCUT2D eigenvalue weighted by Gasteiger charge is 2.44. The summed E-state index contributed by atoms with van der Waals surface area (Å²) in [6.45, 7) is 2.36. The molecule has 2 rings (SSSR count). The van der Waals surface area contributed by atoms with Crippen LogP contribution in [0.15, 0.2) is 24.3 Å². The molecule has 1 amide bonds. The van der Waals surface area contributed by atoms with Crippen molar-refractivity contribution < 1.29 is 44.9 Å². The molecule has 0 spiro atoms. The van der Waals surface area contributed by atoms with Crippen LogP contribution in [0, 0.1) is 137 Å². The molecule has 10 nitrogen and oxygen atoms in total. The van der Waals surface area contributed by atoms with Crippen molar-refractivity contribution in [3.8, 4) is 130 Å². The van der Waals surface area contributed by atoms with Crippen LogP contribution in [0.2, 0.25) is 0 Å². The average Bonchev–Trinajstić information content (AvgIpc) is 3.14. The molecular weight excluding hydrogens is 662 g/mol. The summed E-state index contributed by atoms with van der Waals surface area (Å²) in [5.74, 6) is 53.1. The number of hydrogen-bond acceptors (Lipinski definition) is 9. The van der Waals surface area contributed by atoms with Crippen LogP contribution in [0.1, 0.15) is 18.1 Å². The summed E-state index contributed by atoms with van der Waals surface area (Å²) in [5.41, 5.74) is 1.72. The van der Waals surface area contributed by atoms with Crippen LogP contribution in [0.3, 0.4) is 0 Å². The van der Waals surface area contributed by atoms with E-state index in [0.717, 1.165) is 11.1 Å². The van der Waals surface area contributed by atoms with E-state index in [1.54, 1.807) is 19.1 Å². The maximum atomic E-state index is 12.6. The maximum Gasteiger partial charge on any atom is 0.297 e. The fraction of sp³-hybridized carbons (Fsp3) is 0.310. The lowest BCUT2D eigenvalue weighted by atomic mass is 9.98. The number of aliphatic hydroxyl groups is 6. The fourth-order valence-corrected chi connectivity index (χ4v) is 3.90. The largest absolute Gasteiger partial charge is 0.394 e. The van der Waals surface area contributed by atoms with E-state index in [2.05, 4.69) is 136 Å². The Hall–Kier alpha value is -6.47. The van der Waals surface area contributed by atoms with E-state index < -0.39 is 68.1 Å². The fourth-order valence-electron chi connectivity index (χ4n) is 3.90. The zero-order chi connectivity index (χ0) is 38.0. The summed E-state index contributed by atoms with van der Waals surface area (Å²) in [6.07, 6.45) is -10.8. The van der Waals surface area contributed by atoms with Gasteiger partial charge in [-0.2, -0.15) is 0 Å². The zero-order valence-electron chi connectivity index (χ0n) is 28.0. The van der Waals surface area contributed by atoms with E-state index in [0.29, 0.717) is 0 Å².